The second-order valence-electron chi connectivity index (χ2n) is 5.32. The van der Waals surface area contributed by atoms with E-state index in [1.807, 2.05) is 23.1 Å². The Morgan fingerprint density at radius 3 is 3.10 bits per heavy atom. The zero-order chi connectivity index (χ0) is 14.0. The Morgan fingerprint density at radius 1 is 1.24 bits per heavy atom. The van der Waals surface area contributed by atoms with Crippen LogP contribution in [0.25, 0.3) is 10.4 Å². The lowest BCUT2D eigenvalue weighted by Crippen LogP contribution is -2.32. The lowest BCUT2D eigenvalue weighted by molar-refractivity contribution is -0.118. The maximum Gasteiger partial charge on any atom is 0.246 e. The van der Waals surface area contributed by atoms with Crippen LogP contribution in [0.2, 0.25) is 0 Å². The fourth-order valence-corrected chi connectivity index (χ4v) is 4.27. The van der Waals surface area contributed by atoms with E-state index in [2.05, 4.69) is 16.4 Å². The standard InChI is InChI=1S/C15H11N3O2S/c19-12-6-18-5-9-10-7-20-11-4-2-1-3-8(11)13(10)21-14(9)17-15(18)16-12/h1-4H,5-7H2,(H,16,17,19). The monoisotopic (exact) mass is 297 g/mol. The topological polar surface area (TPSA) is 53.9 Å². The third-order valence-corrected chi connectivity index (χ3v) is 5.24. The molecule has 1 N–H and O–H groups in total. The molecule has 5 rings (SSSR count). The average Bonchev–Trinajstić information content (AvgIpc) is 3.03. The number of nitrogens with one attached hydrogen (secondary N) is 1. The Morgan fingerprint density at radius 2 is 2.14 bits per heavy atom. The number of amides is 1. The summed E-state index contributed by atoms with van der Waals surface area (Å²) in [5.74, 6) is 1.63. The summed E-state index contributed by atoms with van der Waals surface area (Å²) < 4.78 is 5.86. The summed E-state index contributed by atoms with van der Waals surface area (Å²) >= 11 is 1.69. The molecule has 1 fully saturated rings. The maximum absolute atomic E-state index is 11.5. The van der Waals surface area contributed by atoms with Crippen molar-refractivity contribution in [2.75, 3.05) is 6.54 Å². The van der Waals surface area contributed by atoms with E-state index in [1.165, 1.54) is 16.0 Å². The van der Waals surface area contributed by atoms with E-state index in [-0.39, 0.29) is 5.91 Å². The number of rotatable bonds is 0. The summed E-state index contributed by atoms with van der Waals surface area (Å²) in [7, 11) is 0. The van der Waals surface area contributed by atoms with Gasteiger partial charge in [0.05, 0.1) is 0 Å². The molecule has 1 aromatic carbocycles. The zero-order valence-corrected chi connectivity index (χ0v) is 11.9. The molecule has 0 bridgehead atoms. The molecule has 5 nitrogen and oxygen atoms in total. The minimum Gasteiger partial charge on any atom is -0.488 e. The molecule has 1 aromatic heterocycles. The van der Waals surface area contributed by atoms with Crippen molar-refractivity contribution in [3.05, 3.63) is 35.4 Å². The number of benzene rings is 1. The van der Waals surface area contributed by atoms with E-state index in [4.69, 9.17) is 4.74 Å². The summed E-state index contributed by atoms with van der Waals surface area (Å²) in [6.07, 6.45) is 0. The first-order valence-corrected chi connectivity index (χ1v) is 7.61. The Labute approximate surface area is 124 Å². The molecule has 1 saturated heterocycles. The minimum atomic E-state index is 0.0133. The van der Waals surface area contributed by atoms with Gasteiger partial charge in [-0.25, -0.2) is 4.99 Å². The maximum atomic E-state index is 11.5. The van der Waals surface area contributed by atoms with Gasteiger partial charge in [0, 0.05) is 28.1 Å². The molecular formula is C15H11N3O2S. The number of hydrogen-bond donors (Lipinski definition) is 1. The number of hydrogen-bond acceptors (Lipinski definition) is 5. The quantitative estimate of drug-likeness (QED) is 0.811. The molecule has 104 valence electrons. The highest BCUT2D eigenvalue weighted by Crippen LogP contribution is 2.49. The number of carbonyl (C=O) groups excluding carboxylic acids is 1. The van der Waals surface area contributed by atoms with E-state index in [0.29, 0.717) is 19.1 Å². The first-order chi connectivity index (χ1) is 10.3. The first kappa shape index (κ1) is 11.3. The van der Waals surface area contributed by atoms with Gasteiger partial charge in [-0.1, -0.05) is 12.1 Å². The van der Waals surface area contributed by atoms with E-state index in [1.54, 1.807) is 11.3 Å². The smallest absolute Gasteiger partial charge is 0.246 e. The van der Waals surface area contributed by atoms with E-state index in [0.717, 1.165) is 22.9 Å². The average molecular weight is 297 g/mol. The first-order valence-electron chi connectivity index (χ1n) is 6.80. The van der Waals surface area contributed by atoms with Crippen LogP contribution >= 0.6 is 11.3 Å². The summed E-state index contributed by atoms with van der Waals surface area (Å²) in [6.45, 7) is 1.70. The predicted octanol–water partition coefficient (Wildman–Crippen LogP) is 2.24. The van der Waals surface area contributed by atoms with Crippen molar-refractivity contribution in [2.45, 2.75) is 13.2 Å². The second-order valence-corrected chi connectivity index (χ2v) is 6.32. The fourth-order valence-electron chi connectivity index (χ4n) is 3.05. The summed E-state index contributed by atoms with van der Waals surface area (Å²) in [5.41, 5.74) is 3.56. The van der Waals surface area contributed by atoms with Crippen LogP contribution in [0, 0.1) is 0 Å². The Bertz CT molecular complexity index is 824. The largest absolute Gasteiger partial charge is 0.488 e. The highest BCUT2D eigenvalue weighted by atomic mass is 32.1. The molecule has 6 heteroatoms. The van der Waals surface area contributed by atoms with Gasteiger partial charge in [-0.05, 0) is 12.1 Å². The molecule has 0 unspecified atom stereocenters. The van der Waals surface area contributed by atoms with Gasteiger partial charge >= 0.3 is 0 Å². The molecule has 0 saturated carbocycles. The minimum absolute atomic E-state index is 0.0133. The molecule has 1 amide bonds. The number of fused-ring (bicyclic) bond motifs is 6. The number of ether oxygens (including phenoxy) is 1. The van der Waals surface area contributed by atoms with E-state index < -0.39 is 0 Å². The number of para-hydroxylation sites is 1. The zero-order valence-electron chi connectivity index (χ0n) is 11.0. The van der Waals surface area contributed by atoms with Gasteiger partial charge in [0.25, 0.3) is 0 Å². The highest BCUT2D eigenvalue weighted by Gasteiger charge is 2.34. The van der Waals surface area contributed by atoms with Crippen molar-refractivity contribution in [1.29, 1.82) is 0 Å². The van der Waals surface area contributed by atoms with Gasteiger partial charge in [0.1, 0.15) is 23.9 Å². The number of aliphatic imine (C=N–C) groups is 1. The van der Waals surface area contributed by atoms with Crippen LogP contribution in [-0.2, 0) is 17.9 Å². The van der Waals surface area contributed by atoms with Crippen LogP contribution in [0.1, 0.15) is 11.1 Å². The van der Waals surface area contributed by atoms with Crippen molar-refractivity contribution < 1.29 is 9.53 Å². The fraction of sp³-hybridized carbons (Fsp3) is 0.200. The molecule has 0 atom stereocenters. The lowest BCUT2D eigenvalue weighted by atomic mass is 10.0. The van der Waals surface area contributed by atoms with Crippen molar-refractivity contribution >= 4 is 28.2 Å². The second kappa shape index (κ2) is 3.85. The van der Waals surface area contributed by atoms with Crippen molar-refractivity contribution in [3.8, 4) is 16.2 Å². The third kappa shape index (κ3) is 1.50. The molecule has 3 aliphatic heterocycles. The number of carbonyl (C=O) groups is 1. The molecular weight excluding hydrogens is 286 g/mol. The van der Waals surface area contributed by atoms with Crippen molar-refractivity contribution in [2.24, 2.45) is 4.99 Å². The Kier molecular flexibility index (Phi) is 2.08. The number of nitrogens with zero attached hydrogens (tertiary/aromatic N) is 2. The molecule has 0 spiro atoms. The number of thiophene rings is 1. The molecule has 0 radical (unpaired) electrons. The summed E-state index contributed by atoms with van der Waals surface area (Å²) in [6, 6.07) is 8.11. The van der Waals surface area contributed by atoms with Crippen LogP contribution in [0.3, 0.4) is 0 Å². The van der Waals surface area contributed by atoms with E-state index >= 15 is 0 Å². The van der Waals surface area contributed by atoms with Crippen LogP contribution in [0.15, 0.2) is 29.3 Å². The van der Waals surface area contributed by atoms with Gasteiger partial charge in [-0.15, -0.1) is 11.3 Å². The van der Waals surface area contributed by atoms with Gasteiger partial charge in [0.15, 0.2) is 0 Å². The highest BCUT2D eigenvalue weighted by molar-refractivity contribution is 7.19. The Hall–Kier alpha value is -2.34. The number of guanidine groups is 1. The van der Waals surface area contributed by atoms with Crippen LogP contribution < -0.4 is 10.1 Å². The van der Waals surface area contributed by atoms with Gasteiger partial charge in [-0.3, -0.25) is 10.1 Å². The summed E-state index contributed by atoms with van der Waals surface area (Å²) in [5, 5.41) is 3.80. The molecule has 2 aromatic rings. The van der Waals surface area contributed by atoms with Gasteiger partial charge < -0.3 is 9.64 Å². The van der Waals surface area contributed by atoms with Gasteiger partial charge in [-0.2, -0.15) is 0 Å². The normalized spacial score (nSPS) is 18.0. The van der Waals surface area contributed by atoms with Crippen LogP contribution in [-0.4, -0.2) is 23.3 Å². The van der Waals surface area contributed by atoms with Crippen molar-refractivity contribution in [3.63, 3.8) is 0 Å². The summed E-state index contributed by atoms with van der Waals surface area (Å²) in [4.78, 5) is 19.3. The van der Waals surface area contributed by atoms with Gasteiger partial charge in [0.2, 0.25) is 11.9 Å². The van der Waals surface area contributed by atoms with E-state index in [9.17, 15) is 4.79 Å². The Balaban J connectivity index is 1.69. The van der Waals surface area contributed by atoms with Crippen LogP contribution in [0.4, 0.5) is 5.00 Å². The lowest BCUT2D eigenvalue weighted by Gasteiger charge is -2.23. The SMILES string of the molecule is O=C1CN2Cc3c(sc4c3COc3ccccc3-4)N=C2N1. The van der Waals surface area contributed by atoms with Crippen molar-refractivity contribution in [1.82, 2.24) is 10.2 Å². The third-order valence-electron chi connectivity index (χ3n) is 4.04. The molecule has 0 aliphatic carbocycles. The molecule has 21 heavy (non-hydrogen) atoms. The van der Waals surface area contributed by atoms with Crippen LogP contribution in [0.5, 0.6) is 5.75 Å². The predicted molar refractivity (Wildman–Crippen MR) is 79.7 cm³/mol. The molecule has 3 aliphatic rings. The molecule has 4 heterocycles.